The summed E-state index contributed by atoms with van der Waals surface area (Å²) in [6.07, 6.45) is 2.66. The Morgan fingerprint density at radius 3 is 2.18 bits per heavy atom. The fourth-order valence-electron chi connectivity index (χ4n) is 2.26. The van der Waals surface area contributed by atoms with Crippen molar-refractivity contribution in [2.75, 3.05) is 13.6 Å². The second-order valence-electron chi connectivity index (χ2n) is 6.14. The molecule has 0 aliphatic heterocycles. The number of amides is 1. The summed E-state index contributed by atoms with van der Waals surface area (Å²) in [7, 11) is 1.78. The summed E-state index contributed by atoms with van der Waals surface area (Å²) in [5.74, 6) is -2.81. The molecular formula is C20H26N2O6. The van der Waals surface area contributed by atoms with E-state index in [-0.39, 0.29) is 11.9 Å². The number of aryl methyl sites for hydroxylation is 1. The van der Waals surface area contributed by atoms with Gasteiger partial charge < -0.3 is 24.8 Å². The zero-order valence-electron chi connectivity index (χ0n) is 16.2. The lowest BCUT2D eigenvalue weighted by Gasteiger charge is -2.19. The van der Waals surface area contributed by atoms with E-state index in [0.29, 0.717) is 13.1 Å². The molecule has 0 bridgehead atoms. The van der Waals surface area contributed by atoms with Crippen LogP contribution in [0.2, 0.25) is 0 Å². The van der Waals surface area contributed by atoms with Crippen molar-refractivity contribution in [2.45, 2.75) is 32.9 Å². The number of likely N-dealkylation sites (N-methyl/N-ethyl adjacent to an activating group) is 1. The number of furan rings is 1. The van der Waals surface area contributed by atoms with Gasteiger partial charge in [0.1, 0.15) is 5.76 Å². The second kappa shape index (κ2) is 11.6. The third kappa shape index (κ3) is 8.05. The summed E-state index contributed by atoms with van der Waals surface area (Å²) in [6, 6.07) is 12.4. The zero-order valence-corrected chi connectivity index (χ0v) is 16.2. The number of rotatable bonds is 7. The zero-order chi connectivity index (χ0) is 21.1. The van der Waals surface area contributed by atoms with Gasteiger partial charge in [-0.25, -0.2) is 9.59 Å². The summed E-state index contributed by atoms with van der Waals surface area (Å²) >= 11 is 0. The van der Waals surface area contributed by atoms with Gasteiger partial charge in [0.2, 0.25) is 5.91 Å². The number of carboxylic acids is 2. The molecule has 1 atom stereocenters. The van der Waals surface area contributed by atoms with Crippen LogP contribution in [0.25, 0.3) is 0 Å². The molecule has 2 aromatic rings. The van der Waals surface area contributed by atoms with Crippen LogP contribution >= 0.6 is 0 Å². The molecule has 1 aromatic carbocycles. The summed E-state index contributed by atoms with van der Waals surface area (Å²) in [5, 5.41) is 18.1. The summed E-state index contributed by atoms with van der Waals surface area (Å²) in [5.41, 5.74) is 2.52. The van der Waals surface area contributed by atoms with Gasteiger partial charge in [-0.15, -0.1) is 0 Å². The van der Waals surface area contributed by atoms with E-state index in [9.17, 15) is 4.79 Å². The van der Waals surface area contributed by atoms with Crippen LogP contribution in [0.1, 0.15) is 36.8 Å². The molecule has 1 unspecified atom stereocenters. The van der Waals surface area contributed by atoms with E-state index in [0.717, 1.165) is 12.2 Å². The maximum absolute atomic E-state index is 12.1. The van der Waals surface area contributed by atoms with Gasteiger partial charge in [-0.2, -0.15) is 0 Å². The molecule has 28 heavy (non-hydrogen) atoms. The van der Waals surface area contributed by atoms with Gasteiger partial charge in [-0.05, 0) is 36.6 Å². The standard InChI is InChI=1S/C18H24N2O2.C2H2O4/c1-4-15-7-9-16(10-8-15)14(2)19-12-18(21)20(3)13-17-6-5-11-22-17;3-1(4)2(5)6/h5-11,14,19H,4,12-13H2,1-3H3;(H,3,4)(H,5,6). The maximum atomic E-state index is 12.1. The lowest BCUT2D eigenvalue weighted by molar-refractivity contribution is -0.159. The van der Waals surface area contributed by atoms with Crippen LogP contribution in [0.5, 0.6) is 0 Å². The Balaban J connectivity index is 0.000000568. The second-order valence-corrected chi connectivity index (χ2v) is 6.14. The van der Waals surface area contributed by atoms with Gasteiger partial charge in [0, 0.05) is 13.1 Å². The smallest absolute Gasteiger partial charge is 0.414 e. The molecule has 0 saturated carbocycles. The van der Waals surface area contributed by atoms with Gasteiger partial charge in [0.25, 0.3) is 0 Å². The maximum Gasteiger partial charge on any atom is 0.414 e. The minimum atomic E-state index is -1.82. The number of carboxylic acid groups (broad SMARTS) is 2. The number of carbonyl (C=O) groups is 3. The third-order valence-corrected chi connectivity index (χ3v) is 4.03. The number of hydrogen-bond acceptors (Lipinski definition) is 5. The molecule has 2 rings (SSSR count). The predicted octanol–water partition coefficient (Wildman–Crippen LogP) is 2.31. The fourth-order valence-corrected chi connectivity index (χ4v) is 2.26. The molecule has 1 heterocycles. The molecule has 1 amide bonds. The van der Waals surface area contributed by atoms with Gasteiger partial charge in [-0.3, -0.25) is 4.79 Å². The van der Waals surface area contributed by atoms with Crippen LogP contribution in [0.3, 0.4) is 0 Å². The Labute approximate surface area is 163 Å². The summed E-state index contributed by atoms with van der Waals surface area (Å²) in [4.78, 5) is 32.0. The molecule has 0 spiro atoms. The molecule has 3 N–H and O–H groups in total. The lowest BCUT2D eigenvalue weighted by Crippen LogP contribution is -2.36. The molecule has 1 aromatic heterocycles. The largest absolute Gasteiger partial charge is 0.473 e. The first-order valence-electron chi connectivity index (χ1n) is 8.79. The Morgan fingerprint density at radius 1 is 1.11 bits per heavy atom. The van der Waals surface area contributed by atoms with Gasteiger partial charge in [0.05, 0.1) is 19.4 Å². The number of benzene rings is 1. The predicted molar refractivity (Wildman–Crippen MR) is 103 cm³/mol. The molecule has 8 heteroatoms. The van der Waals surface area contributed by atoms with Crippen molar-refractivity contribution in [3.05, 3.63) is 59.5 Å². The van der Waals surface area contributed by atoms with Crippen molar-refractivity contribution in [2.24, 2.45) is 0 Å². The Morgan fingerprint density at radius 2 is 1.71 bits per heavy atom. The van der Waals surface area contributed by atoms with Gasteiger partial charge >= 0.3 is 11.9 Å². The molecule has 0 fully saturated rings. The molecule has 0 aliphatic carbocycles. The van der Waals surface area contributed by atoms with Crippen molar-refractivity contribution in [3.8, 4) is 0 Å². The van der Waals surface area contributed by atoms with E-state index in [1.807, 2.05) is 12.1 Å². The average molecular weight is 390 g/mol. The van der Waals surface area contributed by atoms with Crippen molar-refractivity contribution in [1.82, 2.24) is 10.2 Å². The van der Waals surface area contributed by atoms with Crippen molar-refractivity contribution >= 4 is 17.8 Å². The average Bonchev–Trinajstić information content (AvgIpc) is 3.19. The SMILES string of the molecule is CCc1ccc(C(C)NCC(=O)N(C)Cc2ccco2)cc1.O=C(O)C(=O)O. The number of hydrogen-bond donors (Lipinski definition) is 3. The van der Waals surface area contributed by atoms with E-state index in [1.54, 1.807) is 18.2 Å². The van der Waals surface area contributed by atoms with E-state index >= 15 is 0 Å². The van der Waals surface area contributed by atoms with Crippen LogP contribution in [0, 0.1) is 0 Å². The van der Waals surface area contributed by atoms with E-state index in [1.165, 1.54) is 11.1 Å². The summed E-state index contributed by atoms with van der Waals surface area (Å²) in [6.45, 7) is 5.02. The third-order valence-electron chi connectivity index (χ3n) is 4.03. The van der Waals surface area contributed by atoms with E-state index < -0.39 is 11.9 Å². The minimum Gasteiger partial charge on any atom is -0.473 e. The van der Waals surface area contributed by atoms with E-state index in [4.69, 9.17) is 24.2 Å². The fraction of sp³-hybridized carbons (Fsp3) is 0.350. The van der Waals surface area contributed by atoms with Crippen LogP contribution in [0.15, 0.2) is 47.1 Å². The summed E-state index contributed by atoms with van der Waals surface area (Å²) < 4.78 is 5.26. The Kier molecular flexibility index (Phi) is 9.45. The normalized spacial score (nSPS) is 11.1. The number of nitrogens with one attached hydrogen (secondary N) is 1. The van der Waals surface area contributed by atoms with Gasteiger partial charge in [0.15, 0.2) is 0 Å². The molecule has 152 valence electrons. The topological polar surface area (TPSA) is 120 Å². The Hall–Kier alpha value is -3.13. The monoisotopic (exact) mass is 390 g/mol. The highest BCUT2D eigenvalue weighted by Crippen LogP contribution is 2.13. The first-order chi connectivity index (χ1) is 13.2. The molecule has 0 saturated heterocycles. The van der Waals surface area contributed by atoms with Crippen molar-refractivity contribution in [3.63, 3.8) is 0 Å². The van der Waals surface area contributed by atoms with Crippen LogP contribution in [-0.4, -0.2) is 46.6 Å². The molecule has 8 nitrogen and oxygen atoms in total. The van der Waals surface area contributed by atoms with Crippen molar-refractivity contribution < 1.29 is 29.0 Å². The van der Waals surface area contributed by atoms with E-state index in [2.05, 4.69) is 43.4 Å². The van der Waals surface area contributed by atoms with Crippen LogP contribution < -0.4 is 5.32 Å². The van der Waals surface area contributed by atoms with Gasteiger partial charge in [-0.1, -0.05) is 31.2 Å². The Bertz CT molecular complexity index is 744. The molecular weight excluding hydrogens is 364 g/mol. The highest BCUT2D eigenvalue weighted by atomic mass is 16.4. The minimum absolute atomic E-state index is 0.0495. The van der Waals surface area contributed by atoms with Crippen LogP contribution in [-0.2, 0) is 27.3 Å². The lowest BCUT2D eigenvalue weighted by atomic mass is 10.1. The molecule has 0 aliphatic rings. The quantitative estimate of drug-likeness (QED) is 0.621. The molecule has 0 radical (unpaired) electrons. The first kappa shape index (κ1) is 22.9. The van der Waals surface area contributed by atoms with Crippen molar-refractivity contribution in [1.29, 1.82) is 0 Å². The van der Waals surface area contributed by atoms with Crippen LogP contribution in [0.4, 0.5) is 0 Å². The number of nitrogens with zero attached hydrogens (tertiary/aromatic N) is 1. The highest BCUT2D eigenvalue weighted by Gasteiger charge is 2.12. The first-order valence-corrected chi connectivity index (χ1v) is 8.79. The highest BCUT2D eigenvalue weighted by molar-refractivity contribution is 6.27. The number of carbonyl (C=O) groups excluding carboxylic acids is 1. The number of aliphatic carboxylic acids is 2.